The number of benzene rings is 1. The predicted octanol–water partition coefficient (Wildman–Crippen LogP) is 2.48. The van der Waals surface area contributed by atoms with Crippen LogP contribution in [0.25, 0.3) is 0 Å². The summed E-state index contributed by atoms with van der Waals surface area (Å²) >= 11 is 0. The lowest BCUT2D eigenvalue weighted by molar-refractivity contribution is -0.121. The molecule has 1 unspecified atom stereocenters. The van der Waals surface area contributed by atoms with E-state index in [1.54, 1.807) is 0 Å². The molecule has 0 saturated heterocycles. The van der Waals surface area contributed by atoms with Crippen molar-refractivity contribution in [2.24, 2.45) is 0 Å². The van der Waals surface area contributed by atoms with Crippen LogP contribution in [0.2, 0.25) is 0 Å². The van der Waals surface area contributed by atoms with Crippen LogP contribution in [0.4, 0.5) is 0 Å². The van der Waals surface area contributed by atoms with Crippen molar-refractivity contribution in [2.75, 3.05) is 13.1 Å². The summed E-state index contributed by atoms with van der Waals surface area (Å²) < 4.78 is 0. The van der Waals surface area contributed by atoms with Gasteiger partial charge in [-0.1, -0.05) is 30.7 Å². The Balaban J connectivity index is 2.56. The number of nitrogens with one attached hydrogen (secondary N) is 2. The highest BCUT2D eigenvalue weighted by molar-refractivity contribution is 5.76. The summed E-state index contributed by atoms with van der Waals surface area (Å²) in [6.45, 7) is 9.87. The van der Waals surface area contributed by atoms with E-state index in [9.17, 15) is 4.79 Å². The summed E-state index contributed by atoms with van der Waals surface area (Å²) in [6, 6.07) is 6.41. The maximum Gasteiger partial charge on any atom is 0.221 e. The van der Waals surface area contributed by atoms with Crippen molar-refractivity contribution in [1.29, 1.82) is 0 Å². The Kier molecular flexibility index (Phi) is 5.86. The monoisotopic (exact) mass is 248 g/mol. The highest BCUT2D eigenvalue weighted by atomic mass is 16.1. The molecule has 3 nitrogen and oxygen atoms in total. The number of hydrogen-bond donors (Lipinski definition) is 2. The molecule has 0 radical (unpaired) electrons. The maximum absolute atomic E-state index is 11.7. The fourth-order valence-corrected chi connectivity index (χ4v) is 2.00. The van der Waals surface area contributed by atoms with Gasteiger partial charge in [0.25, 0.3) is 0 Å². The first kappa shape index (κ1) is 14.7. The normalized spacial score (nSPS) is 12.2. The average Bonchev–Trinajstić information content (AvgIpc) is 2.32. The smallest absolute Gasteiger partial charge is 0.221 e. The van der Waals surface area contributed by atoms with Crippen LogP contribution in [0, 0.1) is 13.8 Å². The fourth-order valence-electron chi connectivity index (χ4n) is 2.00. The first-order chi connectivity index (χ1) is 8.54. The Morgan fingerprint density at radius 2 is 2.06 bits per heavy atom. The number of rotatable bonds is 6. The van der Waals surface area contributed by atoms with E-state index >= 15 is 0 Å². The molecule has 0 aliphatic carbocycles. The van der Waals surface area contributed by atoms with Crippen molar-refractivity contribution < 1.29 is 4.79 Å². The van der Waals surface area contributed by atoms with Gasteiger partial charge in [0.05, 0.1) is 6.04 Å². The van der Waals surface area contributed by atoms with E-state index in [1.165, 1.54) is 16.7 Å². The molecule has 2 N–H and O–H groups in total. The molecule has 18 heavy (non-hydrogen) atoms. The van der Waals surface area contributed by atoms with Gasteiger partial charge in [-0.15, -0.1) is 0 Å². The van der Waals surface area contributed by atoms with Crippen LogP contribution in [0.3, 0.4) is 0 Å². The van der Waals surface area contributed by atoms with Crippen LogP contribution in [0.5, 0.6) is 0 Å². The molecule has 0 aliphatic heterocycles. The highest BCUT2D eigenvalue weighted by Crippen LogP contribution is 2.18. The highest BCUT2D eigenvalue weighted by Gasteiger charge is 2.11. The van der Waals surface area contributed by atoms with E-state index in [0.29, 0.717) is 6.42 Å². The molecule has 1 rings (SSSR count). The molecule has 1 aromatic carbocycles. The van der Waals surface area contributed by atoms with Crippen LogP contribution >= 0.6 is 0 Å². The van der Waals surface area contributed by atoms with Gasteiger partial charge in [-0.2, -0.15) is 0 Å². The summed E-state index contributed by atoms with van der Waals surface area (Å²) in [5.41, 5.74) is 3.65. The van der Waals surface area contributed by atoms with Crippen molar-refractivity contribution in [3.8, 4) is 0 Å². The van der Waals surface area contributed by atoms with E-state index in [1.807, 2.05) is 13.8 Å². The SMILES string of the molecule is CCNCCC(=O)NC(C)c1cc(C)ccc1C. The van der Waals surface area contributed by atoms with Crippen LogP contribution < -0.4 is 10.6 Å². The van der Waals surface area contributed by atoms with Gasteiger partial charge in [-0.05, 0) is 38.4 Å². The molecule has 0 bridgehead atoms. The summed E-state index contributed by atoms with van der Waals surface area (Å²) in [5.74, 6) is 0.101. The molecular formula is C15H24N2O. The Morgan fingerprint density at radius 3 is 2.72 bits per heavy atom. The van der Waals surface area contributed by atoms with Crippen LogP contribution in [-0.4, -0.2) is 19.0 Å². The second-order valence-corrected chi connectivity index (χ2v) is 4.75. The van der Waals surface area contributed by atoms with Gasteiger partial charge in [0.2, 0.25) is 5.91 Å². The first-order valence-corrected chi connectivity index (χ1v) is 6.61. The molecule has 0 aromatic heterocycles. The zero-order chi connectivity index (χ0) is 13.5. The lowest BCUT2D eigenvalue weighted by Gasteiger charge is -2.17. The molecule has 3 heteroatoms. The van der Waals surface area contributed by atoms with Crippen LogP contribution in [-0.2, 0) is 4.79 Å². The van der Waals surface area contributed by atoms with Gasteiger partial charge in [-0.3, -0.25) is 4.79 Å². The lowest BCUT2D eigenvalue weighted by Crippen LogP contribution is -2.30. The van der Waals surface area contributed by atoms with E-state index in [4.69, 9.17) is 0 Å². The van der Waals surface area contributed by atoms with E-state index in [0.717, 1.165) is 13.1 Å². The Hall–Kier alpha value is -1.35. The molecule has 0 aliphatic rings. The topological polar surface area (TPSA) is 41.1 Å². The predicted molar refractivity (Wildman–Crippen MR) is 75.6 cm³/mol. The molecule has 1 amide bonds. The van der Waals surface area contributed by atoms with E-state index < -0.39 is 0 Å². The van der Waals surface area contributed by atoms with E-state index in [2.05, 4.69) is 42.7 Å². The second kappa shape index (κ2) is 7.17. The van der Waals surface area contributed by atoms with Gasteiger partial charge in [0.15, 0.2) is 0 Å². The van der Waals surface area contributed by atoms with Gasteiger partial charge >= 0.3 is 0 Å². The molecular weight excluding hydrogens is 224 g/mol. The fraction of sp³-hybridized carbons (Fsp3) is 0.533. The zero-order valence-corrected chi connectivity index (χ0v) is 11.8. The van der Waals surface area contributed by atoms with Crippen molar-refractivity contribution in [2.45, 2.75) is 40.2 Å². The summed E-state index contributed by atoms with van der Waals surface area (Å²) in [5, 5.41) is 6.20. The molecule has 0 spiro atoms. The summed E-state index contributed by atoms with van der Waals surface area (Å²) in [6.07, 6.45) is 0.531. The summed E-state index contributed by atoms with van der Waals surface area (Å²) in [4.78, 5) is 11.7. The Bertz CT molecular complexity index is 401. The van der Waals surface area contributed by atoms with Crippen LogP contribution in [0.15, 0.2) is 18.2 Å². The number of carbonyl (C=O) groups is 1. The first-order valence-electron chi connectivity index (χ1n) is 6.61. The summed E-state index contributed by atoms with van der Waals surface area (Å²) in [7, 11) is 0. The molecule has 0 heterocycles. The average molecular weight is 248 g/mol. The van der Waals surface area contributed by atoms with Crippen molar-refractivity contribution in [3.05, 3.63) is 34.9 Å². The third kappa shape index (κ3) is 4.49. The minimum absolute atomic E-state index is 0.0685. The second-order valence-electron chi connectivity index (χ2n) is 4.75. The van der Waals surface area contributed by atoms with Gasteiger partial charge < -0.3 is 10.6 Å². The van der Waals surface area contributed by atoms with E-state index in [-0.39, 0.29) is 11.9 Å². The Labute approximate surface area is 110 Å². The molecule has 0 saturated carbocycles. The maximum atomic E-state index is 11.7. The quantitative estimate of drug-likeness (QED) is 0.759. The van der Waals surface area contributed by atoms with Gasteiger partial charge in [-0.25, -0.2) is 0 Å². The molecule has 100 valence electrons. The minimum atomic E-state index is 0.0685. The third-order valence-corrected chi connectivity index (χ3v) is 3.06. The largest absolute Gasteiger partial charge is 0.350 e. The number of hydrogen-bond acceptors (Lipinski definition) is 2. The lowest BCUT2D eigenvalue weighted by atomic mass is 10.00. The molecule has 1 aromatic rings. The third-order valence-electron chi connectivity index (χ3n) is 3.06. The van der Waals surface area contributed by atoms with Gasteiger partial charge in [0, 0.05) is 13.0 Å². The van der Waals surface area contributed by atoms with Gasteiger partial charge in [0.1, 0.15) is 0 Å². The van der Waals surface area contributed by atoms with Crippen LogP contribution in [0.1, 0.15) is 43.0 Å². The van der Waals surface area contributed by atoms with Crippen molar-refractivity contribution in [3.63, 3.8) is 0 Å². The number of carbonyl (C=O) groups excluding carboxylic acids is 1. The standard InChI is InChI=1S/C15H24N2O/c1-5-16-9-8-15(18)17-13(4)14-10-11(2)6-7-12(14)3/h6-7,10,13,16H,5,8-9H2,1-4H3,(H,17,18). The Morgan fingerprint density at radius 1 is 1.33 bits per heavy atom. The van der Waals surface area contributed by atoms with Crippen molar-refractivity contribution >= 4 is 5.91 Å². The number of amides is 1. The molecule has 1 atom stereocenters. The van der Waals surface area contributed by atoms with Crippen molar-refractivity contribution in [1.82, 2.24) is 10.6 Å². The number of aryl methyl sites for hydroxylation is 2. The molecule has 0 fully saturated rings. The minimum Gasteiger partial charge on any atom is -0.350 e. The zero-order valence-electron chi connectivity index (χ0n) is 11.8.